The third kappa shape index (κ3) is 6.19. The van der Waals surface area contributed by atoms with Crippen LogP contribution in [0.5, 0.6) is 0 Å². The molecule has 0 aromatic carbocycles. The van der Waals surface area contributed by atoms with Gasteiger partial charge in [0.2, 0.25) is 11.8 Å². The highest BCUT2D eigenvalue weighted by molar-refractivity contribution is 5.85. The van der Waals surface area contributed by atoms with Gasteiger partial charge in [-0.1, -0.05) is 34.1 Å². The molecule has 0 radical (unpaired) electrons. The fraction of sp³-hybridized carbons (Fsp3) is 0.714. The van der Waals surface area contributed by atoms with Crippen molar-refractivity contribution in [3.05, 3.63) is 24.0 Å². The molecule has 1 aromatic rings. The Morgan fingerprint density at radius 2 is 1.92 bits per heavy atom. The van der Waals surface area contributed by atoms with Gasteiger partial charge in [0.25, 0.3) is 0 Å². The van der Waals surface area contributed by atoms with Crippen molar-refractivity contribution in [2.24, 2.45) is 12.5 Å². The zero-order chi connectivity index (χ0) is 19.3. The van der Waals surface area contributed by atoms with Gasteiger partial charge in [0.15, 0.2) is 0 Å². The van der Waals surface area contributed by atoms with E-state index in [-0.39, 0.29) is 23.8 Å². The highest BCUT2D eigenvalue weighted by Crippen LogP contribution is 2.29. The Bertz CT molecular complexity index is 611. The molecule has 1 aliphatic carbocycles. The minimum atomic E-state index is -0.0657. The second-order valence-corrected chi connectivity index (χ2v) is 8.77. The van der Waals surface area contributed by atoms with E-state index in [4.69, 9.17) is 0 Å². The summed E-state index contributed by atoms with van der Waals surface area (Å²) in [7, 11) is 2.01. The average molecular weight is 362 g/mol. The van der Waals surface area contributed by atoms with Gasteiger partial charge >= 0.3 is 0 Å². The van der Waals surface area contributed by atoms with Gasteiger partial charge in [0.05, 0.1) is 13.1 Å². The van der Waals surface area contributed by atoms with Crippen LogP contribution in [0.3, 0.4) is 0 Å². The lowest BCUT2D eigenvalue weighted by Crippen LogP contribution is -2.44. The highest BCUT2D eigenvalue weighted by atomic mass is 16.2. The number of carbonyl (C=O) groups is 2. The minimum absolute atomic E-state index is 0.0657. The minimum Gasteiger partial charge on any atom is -0.353 e. The molecule has 5 heteroatoms. The van der Waals surface area contributed by atoms with E-state index in [0.717, 1.165) is 31.4 Å². The first-order valence-corrected chi connectivity index (χ1v) is 9.88. The highest BCUT2D eigenvalue weighted by Gasteiger charge is 2.34. The summed E-state index contributed by atoms with van der Waals surface area (Å²) in [4.78, 5) is 29.5. The molecule has 146 valence electrons. The molecule has 0 saturated heterocycles. The lowest BCUT2D eigenvalue weighted by Gasteiger charge is -2.30. The fourth-order valence-corrected chi connectivity index (χ4v) is 3.10. The molecule has 26 heavy (non-hydrogen) atoms. The zero-order valence-corrected chi connectivity index (χ0v) is 17.1. The average Bonchev–Trinajstić information content (AvgIpc) is 3.30. The van der Waals surface area contributed by atoms with Gasteiger partial charge in [-0.2, -0.15) is 0 Å². The smallest absolute Gasteiger partial charge is 0.242 e. The van der Waals surface area contributed by atoms with E-state index in [2.05, 4.69) is 38.3 Å². The summed E-state index contributed by atoms with van der Waals surface area (Å²) in [5.41, 5.74) is 1.07. The van der Waals surface area contributed by atoms with Crippen molar-refractivity contribution < 1.29 is 9.59 Å². The lowest BCUT2D eigenvalue weighted by atomic mass is 9.91. The number of aromatic nitrogens is 1. The Hall–Kier alpha value is -1.78. The third-order valence-corrected chi connectivity index (χ3v) is 4.83. The maximum Gasteiger partial charge on any atom is 0.242 e. The second kappa shape index (κ2) is 8.74. The molecule has 2 amide bonds. The van der Waals surface area contributed by atoms with Gasteiger partial charge in [0, 0.05) is 37.9 Å². The van der Waals surface area contributed by atoms with Gasteiger partial charge in [-0.25, -0.2) is 0 Å². The summed E-state index contributed by atoms with van der Waals surface area (Å²) in [5.74, 6) is 0.168. The SMILES string of the molecule is CCCCN(CC(=O)N(Cc1cccn1C)C1CC1)C(=O)CC(C)(C)C. The molecule has 0 bridgehead atoms. The Morgan fingerprint density at radius 3 is 2.42 bits per heavy atom. The van der Waals surface area contributed by atoms with Gasteiger partial charge in [-0.3, -0.25) is 9.59 Å². The summed E-state index contributed by atoms with van der Waals surface area (Å²) < 4.78 is 2.06. The van der Waals surface area contributed by atoms with Crippen molar-refractivity contribution in [1.29, 1.82) is 0 Å². The van der Waals surface area contributed by atoms with Crippen molar-refractivity contribution in [3.63, 3.8) is 0 Å². The second-order valence-electron chi connectivity index (χ2n) is 8.77. The number of nitrogens with zero attached hydrogens (tertiary/aromatic N) is 3. The maximum absolute atomic E-state index is 13.0. The number of aryl methyl sites for hydroxylation is 1. The van der Waals surface area contributed by atoms with Gasteiger partial charge in [-0.05, 0) is 36.8 Å². The van der Waals surface area contributed by atoms with Crippen molar-refractivity contribution in [1.82, 2.24) is 14.4 Å². The number of hydrogen-bond donors (Lipinski definition) is 0. The third-order valence-electron chi connectivity index (χ3n) is 4.83. The standard InChI is InChI=1S/C21H35N3O2/c1-6-7-13-23(19(25)14-21(2,3)4)16-20(26)24(17-10-11-17)15-18-9-8-12-22(18)5/h8-9,12,17H,6-7,10-11,13-16H2,1-5H3. The summed E-state index contributed by atoms with van der Waals surface area (Å²) in [6.07, 6.45) is 6.58. The molecule has 0 N–H and O–H groups in total. The molecule has 1 fully saturated rings. The van der Waals surface area contributed by atoms with Crippen molar-refractivity contribution in [3.8, 4) is 0 Å². The van der Waals surface area contributed by atoms with Crippen molar-refractivity contribution in [2.45, 2.75) is 72.4 Å². The van der Waals surface area contributed by atoms with E-state index in [1.165, 1.54) is 0 Å². The first-order valence-electron chi connectivity index (χ1n) is 9.88. The Morgan fingerprint density at radius 1 is 1.23 bits per heavy atom. The number of rotatable bonds is 9. The van der Waals surface area contributed by atoms with E-state index in [1.807, 2.05) is 24.2 Å². The molecule has 0 unspecified atom stereocenters. The first kappa shape index (κ1) is 20.5. The Labute approximate surface area is 158 Å². The fourth-order valence-electron chi connectivity index (χ4n) is 3.10. The predicted molar refractivity (Wildman–Crippen MR) is 105 cm³/mol. The van der Waals surface area contributed by atoms with Crippen LogP contribution < -0.4 is 0 Å². The van der Waals surface area contributed by atoms with E-state index in [9.17, 15) is 9.59 Å². The van der Waals surface area contributed by atoms with Crippen LogP contribution in [0.4, 0.5) is 0 Å². The lowest BCUT2D eigenvalue weighted by molar-refractivity contribution is -0.142. The van der Waals surface area contributed by atoms with E-state index in [1.54, 1.807) is 4.90 Å². The van der Waals surface area contributed by atoms with E-state index >= 15 is 0 Å². The topological polar surface area (TPSA) is 45.6 Å². The van der Waals surface area contributed by atoms with Crippen LogP contribution in [0.15, 0.2) is 18.3 Å². The van der Waals surface area contributed by atoms with Crippen LogP contribution in [0, 0.1) is 5.41 Å². The van der Waals surface area contributed by atoms with Gasteiger partial charge < -0.3 is 14.4 Å². The van der Waals surface area contributed by atoms with Crippen LogP contribution in [-0.4, -0.2) is 45.3 Å². The maximum atomic E-state index is 13.0. The molecular formula is C21H35N3O2. The van der Waals surface area contributed by atoms with E-state index < -0.39 is 0 Å². The number of amides is 2. The molecule has 2 rings (SSSR count). The van der Waals surface area contributed by atoms with Crippen LogP contribution in [0.1, 0.15) is 65.5 Å². The largest absolute Gasteiger partial charge is 0.353 e. The molecule has 1 aliphatic rings. The molecule has 5 nitrogen and oxygen atoms in total. The monoisotopic (exact) mass is 361 g/mol. The van der Waals surface area contributed by atoms with Crippen LogP contribution in [0.2, 0.25) is 0 Å². The van der Waals surface area contributed by atoms with Gasteiger partial charge in [-0.15, -0.1) is 0 Å². The van der Waals surface area contributed by atoms with Crippen LogP contribution in [0.25, 0.3) is 0 Å². The number of carbonyl (C=O) groups excluding carboxylic acids is 2. The Balaban J connectivity index is 2.05. The molecular weight excluding hydrogens is 326 g/mol. The summed E-state index contributed by atoms with van der Waals surface area (Å²) in [6, 6.07) is 4.40. The molecule has 1 aromatic heterocycles. The predicted octanol–water partition coefficient (Wildman–Crippen LogP) is 3.58. The molecule has 1 heterocycles. The number of hydrogen-bond acceptors (Lipinski definition) is 2. The van der Waals surface area contributed by atoms with Gasteiger partial charge in [0.1, 0.15) is 0 Å². The van der Waals surface area contributed by atoms with Crippen molar-refractivity contribution >= 4 is 11.8 Å². The molecule has 0 aliphatic heterocycles. The van der Waals surface area contributed by atoms with Crippen LogP contribution >= 0.6 is 0 Å². The summed E-state index contributed by atoms with van der Waals surface area (Å²) in [5, 5.41) is 0. The van der Waals surface area contributed by atoms with Crippen LogP contribution in [-0.2, 0) is 23.2 Å². The molecule has 0 spiro atoms. The summed E-state index contributed by atoms with van der Waals surface area (Å²) >= 11 is 0. The summed E-state index contributed by atoms with van der Waals surface area (Å²) in [6.45, 7) is 9.81. The Kier molecular flexibility index (Phi) is 6.90. The van der Waals surface area contributed by atoms with Crippen molar-refractivity contribution in [2.75, 3.05) is 13.1 Å². The normalized spacial score (nSPS) is 14.3. The first-order chi connectivity index (χ1) is 12.2. The molecule has 0 atom stereocenters. The molecule has 1 saturated carbocycles. The number of unbranched alkanes of at least 4 members (excludes halogenated alkanes) is 1. The van der Waals surface area contributed by atoms with E-state index in [0.29, 0.717) is 25.6 Å². The zero-order valence-electron chi connectivity index (χ0n) is 17.1. The quantitative estimate of drug-likeness (QED) is 0.675.